The van der Waals surface area contributed by atoms with E-state index in [1.54, 1.807) is 0 Å². The van der Waals surface area contributed by atoms with Gasteiger partial charge in [-0.15, -0.1) is 0 Å². The molecule has 0 aliphatic carbocycles. The highest BCUT2D eigenvalue weighted by atomic mass is 32.2. The van der Waals surface area contributed by atoms with Crippen molar-refractivity contribution >= 4 is 27.5 Å². The summed E-state index contributed by atoms with van der Waals surface area (Å²) in [6.07, 6.45) is 2.27. The molecule has 108 valence electrons. The Balaban J connectivity index is 2.42. The van der Waals surface area contributed by atoms with Crippen LogP contribution in [-0.4, -0.2) is 50.2 Å². The molecule has 2 heterocycles. The lowest BCUT2D eigenvalue weighted by Gasteiger charge is -2.26. The summed E-state index contributed by atoms with van der Waals surface area (Å²) in [5, 5.41) is 1.75. The smallest absolute Gasteiger partial charge is 0.328 e. The second kappa shape index (κ2) is 5.04. The number of hydrogen-bond acceptors (Lipinski definition) is 7. The molecule has 0 aromatic carbocycles. The Bertz CT molecular complexity index is 672. The predicted molar refractivity (Wildman–Crippen MR) is 67.2 cm³/mol. The molecule has 0 saturated carbocycles. The van der Waals surface area contributed by atoms with Gasteiger partial charge in [-0.25, -0.2) is 18.2 Å². The molecule has 0 spiro atoms. The second-order valence-electron chi connectivity index (χ2n) is 4.07. The zero-order chi connectivity index (χ0) is 14.9. The van der Waals surface area contributed by atoms with Crippen molar-refractivity contribution in [2.24, 2.45) is 0 Å². The van der Waals surface area contributed by atoms with Crippen LogP contribution in [0.4, 0.5) is 10.5 Å². The monoisotopic (exact) mass is 300 g/mol. The first-order chi connectivity index (χ1) is 9.32. The van der Waals surface area contributed by atoms with Crippen LogP contribution in [0, 0.1) is 0 Å². The van der Waals surface area contributed by atoms with Gasteiger partial charge in [-0.2, -0.15) is 4.98 Å². The predicted octanol–water partition coefficient (Wildman–Crippen LogP) is -0.665. The molecular weight excluding hydrogens is 288 g/mol. The molecule has 20 heavy (non-hydrogen) atoms. The van der Waals surface area contributed by atoms with Gasteiger partial charge in [-0.05, 0) is 0 Å². The molecule has 3 amide bonds. The number of amides is 3. The summed E-state index contributed by atoms with van der Waals surface area (Å²) in [5.41, 5.74) is 0.199. The van der Waals surface area contributed by atoms with Crippen LogP contribution >= 0.6 is 0 Å². The van der Waals surface area contributed by atoms with Crippen molar-refractivity contribution in [2.75, 3.05) is 24.8 Å². The van der Waals surface area contributed by atoms with Gasteiger partial charge >= 0.3 is 6.03 Å². The fraction of sp³-hybridized carbons (Fsp3) is 0.400. The summed E-state index contributed by atoms with van der Waals surface area (Å²) in [6, 6.07) is -0.629. The number of rotatable bonds is 3. The summed E-state index contributed by atoms with van der Waals surface area (Å²) >= 11 is 0. The standard InChI is InChI=1S/C10H12N4O5S/c1-19-8-6(5-11-9(13-8)20(2,17)18)14-4-3-7(15)12-10(14)16/h5H,3-4H2,1-2H3,(H,12,15,16). The normalized spacial score (nSPS) is 16.0. The minimum absolute atomic E-state index is 0.0510. The second-order valence-corrected chi connectivity index (χ2v) is 5.98. The number of nitrogens with zero attached hydrogens (tertiary/aromatic N) is 3. The molecule has 0 atom stereocenters. The number of aromatic nitrogens is 2. The molecule has 1 aliphatic rings. The van der Waals surface area contributed by atoms with Crippen LogP contribution in [-0.2, 0) is 14.6 Å². The van der Waals surface area contributed by atoms with E-state index in [9.17, 15) is 18.0 Å². The van der Waals surface area contributed by atoms with E-state index in [0.717, 1.165) is 6.26 Å². The van der Waals surface area contributed by atoms with Gasteiger partial charge in [0.15, 0.2) is 0 Å². The number of urea groups is 1. The number of imide groups is 1. The zero-order valence-corrected chi connectivity index (χ0v) is 11.6. The number of sulfone groups is 1. The fourth-order valence-electron chi connectivity index (χ4n) is 1.65. The molecule has 1 aromatic heterocycles. The highest BCUT2D eigenvalue weighted by Crippen LogP contribution is 2.27. The number of anilines is 1. The average Bonchev–Trinajstić information content (AvgIpc) is 2.37. The highest BCUT2D eigenvalue weighted by Gasteiger charge is 2.28. The molecule has 10 heteroatoms. The van der Waals surface area contributed by atoms with Crippen LogP contribution in [0.5, 0.6) is 5.88 Å². The molecular formula is C10H12N4O5S. The van der Waals surface area contributed by atoms with Crippen molar-refractivity contribution in [3.8, 4) is 5.88 Å². The van der Waals surface area contributed by atoms with Gasteiger partial charge < -0.3 is 4.74 Å². The molecule has 9 nitrogen and oxygen atoms in total. The molecule has 0 radical (unpaired) electrons. The van der Waals surface area contributed by atoms with Crippen LogP contribution < -0.4 is 15.0 Å². The van der Waals surface area contributed by atoms with Crippen LogP contribution in [0.1, 0.15) is 6.42 Å². The van der Waals surface area contributed by atoms with E-state index < -0.39 is 21.0 Å². The van der Waals surface area contributed by atoms with Gasteiger partial charge in [0.1, 0.15) is 5.69 Å². The van der Waals surface area contributed by atoms with E-state index in [-0.39, 0.29) is 30.4 Å². The third-order valence-corrected chi connectivity index (χ3v) is 3.44. The summed E-state index contributed by atoms with van der Waals surface area (Å²) in [5.74, 6) is -0.427. The molecule has 0 bridgehead atoms. The Morgan fingerprint density at radius 2 is 2.10 bits per heavy atom. The lowest BCUT2D eigenvalue weighted by molar-refractivity contribution is -0.120. The van der Waals surface area contributed by atoms with Crippen molar-refractivity contribution in [3.63, 3.8) is 0 Å². The van der Waals surface area contributed by atoms with Gasteiger partial charge in [0, 0.05) is 19.2 Å². The molecule has 1 fully saturated rings. The Kier molecular flexibility index (Phi) is 3.57. The minimum atomic E-state index is -3.58. The third kappa shape index (κ3) is 2.69. The Morgan fingerprint density at radius 1 is 1.40 bits per heavy atom. The van der Waals surface area contributed by atoms with E-state index >= 15 is 0 Å². The summed E-state index contributed by atoms with van der Waals surface area (Å²) in [6.45, 7) is 0.141. The van der Waals surface area contributed by atoms with Crippen LogP contribution in [0.15, 0.2) is 11.4 Å². The van der Waals surface area contributed by atoms with Crippen molar-refractivity contribution in [2.45, 2.75) is 11.6 Å². The lowest BCUT2D eigenvalue weighted by atomic mass is 10.3. The molecule has 1 aromatic rings. The zero-order valence-electron chi connectivity index (χ0n) is 10.8. The Hall–Kier alpha value is -2.23. The van der Waals surface area contributed by atoms with Gasteiger partial charge in [0.05, 0.1) is 13.3 Å². The van der Waals surface area contributed by atoms with Gasteiger partial charge in [0.25, 0.3) is 0 Å². The van der Waals surface area contributed by atoms with E-state index in [4.69, 9.17) is 4.74 Å². The number of nitrogens with one attached hydrogen (secondary N) is 1. The summed E-state index contributed by atoms with van der Waals surface area (Å²) < 4.78 is 27.7. The summed E-state index contributed by atoms with van der Waals surface area (Å²) in [7, 11) is -2.28. The van der Waals surface area contributed by atoms with Crippen molar-refractivity contribution in [1.29, 1.82) is 0 Å². The third-order valence-electron chi connectivity index (χ3n) is 2.58. The lowest BCUT2D eigenvalue weighted by Crippen LogP contribution is -2.49. The number of methoxy groups -OCH3 is 1. The Morgan fingerprint density at radius 3 is 2.65 bits per heavy atom. The van der Waals surface area contributed by atoms with E-state index in [1.807, 2.05) is 0 Å². The van der Waals surface area contributed by atoms with E-state index in [2.05, 4.69) is 15.3 Å². The number of ether oxygens (including phenoxy) is 1. The molecule has 1 saturated heterocycles. The van der Waals surface area contributed by atoms with Crippen molar-refractivity contribution in [1.82, 2.24) is 15.3 Å². The first-order valence-corrected chi connectivity index (χ1v) is 7.44. The SMILES string of the molecule is COc1nc(S(C)(=O)=O)ncc1N1CCC(=O)NC1=O. The quantitative estimate of drug-likeness (QED) is 0.736. The first-order valence-electron chi connectivity index (χ1n) is 5.55. The summed E-state index contributed by atoms with van der Waals surface area (Å²) in [4.78, 5) is 31.5. The molecule has 2 rings (SSSR count). The topological polar surface area (TPSA) is 119 Å². The number of carbonyl (C=O) groups is 2. The number of carbonyl (C=O) groups excluding carboxylic acids is 2. The first kappa shape index (κ1) is 14.2. The minimum Gasteiger partial charge on any atom is -0.479 e. The van der Waals surface area contributed by atoms with Gasteiger partial charge in [-0.3, -0.25) is 15.0 Å². The van der Waals surface area contributed by atoms with Crippen LogP contribution in [0.25, 0.3) is 0 Å². The van der Waals surface area contributed by atoms with Crippen LogP contribution in [0.2, 0.25) is 0 Å². The maximum absolute atomic E-state index is 11.7. The van der Waals surface area contributed by atoms with Crippen LogP contribution in [0.3, 0.4) is 0 Å². The molecule has 1 N–H and O–H groups in total. The van der Waals surface area contributed by atoms with E-state index in [0.29, 0.717) is 0 Å². The fourth-order valence-corrected chi connectivity index (χ4v) is 2.15. The largest absolute Gasteiger partial charge is 0.479 e. The van der Waals surface area contributed by atoms with Crippen molar-refractivity contribution < 1.29 is 22.7 Å². The van der Waals surface area contributed by atoms with Gasteiger partial charge in [0.2, 0.25) is 26.8 Å². The number of hydrogen-bond donors (Lipinski definition) is 1. The van der Waals surface area contributed by atoms with E-state index in [1.165, 1.54) is 18.2 Å². The maximum atomic E-state index is 11.7. The maximum Gasteiger partial charge on any atom is 0.328 e. The molecule has 1 aliphatic heterocycles. The van der Waals surface area contributed by atoms with Crippen molar-refractivity contribution in [3.05, 3.63) is 6.20 Å². The van der Waals surface area contributed by atoms with Gasteiger partial charge in [-0.1, -0.05) is 0 Å². The average molecular weight is 300 g/mol. The Labute approximate surface area is 114 Å². The highest BCUT2D eigenvalue weighted by molar-refractivity contribution is 7.90. The molecule has 0 unspecified atom stereocenters.